The normalized spacial score (nSPS) is 10.7. The van der Waals surface area contributed by atoms with E-state index in [1.807, 2.05) is 35.8 Å². The number of carbonyl (C=O) groups excluding carboxylic acids is 1. The highest BCUT2D eigenvalue weighted by Gasteiger charge is 2.13. The molecule has 0 aliphatic carbocycles. The Morgan fingerprint density at radius 2 is 2.08 bits per heavy atom. The topological polar surface area (TPSA) is 59.8 Å². The summed E-state index contributed by atoms with van der Waals surface area (Å²) in [5.41, 5.74) is 3.93. The first-order valence-corrected chi connectivity index (χ1v) is 9.62. The number of aromatic nitrogens is 3. The highest BCUT2D eigenvalue weighted by molar-refractivity contribution is 7.99. The van der Waals surface area contributed by atoms with Crippen molar-refractivity contribution in [2.45, 2.75) is 25.4 Å². The van der Waals surface area contributed by atoms with E-state index in [1.54, 1.807) is 18.5 Å². The van der Waals surface area contributed by atoms with Gasteiger partial charge in [0.1, 0.15) is 6.33 Å². The van der Waals surface area contributed by atoms with Crippen molar-refractivity contribution in [3.63, 3.8) is 0 Å². The van der Waals surface area contributed by atoms with Gasteiger partial charge in [0.05, 0.1) is 11.4 Å². The molecule has 26 heavy (non-hydrogen) atoms. The molecule has 0 saturated heterocycles. The molecule has 0 radical (unpaired) electrons. The summed E-state index contributed by atoms with van der Waals surface area (Å²) in [6, 6.07) is 13.5. The predicted molar refractivity (Wildman–Crippen MR) is 106 cm³/mol. The number of anilines is 1. The number of nitrogens with zero attached hydrogens (tertiary/aromatic N) is 3. The van der Waals surface area contributed by atoms with E-state index >= 15 is 0 Å². The molecule has 2 aromatic carbocycles. The van der Waals surface area contributed by atoms with E-state index in [0.29, 0.717) is 10.2 Å². The van der Waals surface area contributed by atoms with E-state index in [-0.39, 0.29) is 11.7 Å². The van der Waals surface area contributed by atoms with Gasteiger partial charge in [0.2, 0.25) is 5.91 Å². The second-order valence-corrected chi connectivity index (χ2v) is 7.14. The largest absolute Gasteiger partial charge is 0.325 e. The smallest absolute Gasteiger partial charge is 0.234 e. The average Bonchev–Trinajstić information content (AvgIpc) is 3.11. The van der Waals surface area contributed by atoms with Crippen molar-refractivity contribution in [1.82, 2.24) is 14.8 Å². The molecule has 3 aromatic rings. The lowest BCUT2D eigenvalue weighted by Gasteiger charge is -2.11. The zero-order valence-electron chi connectivity index (χ0n) is 14.6. The Kier molecular flexibility index (Phi) is 5.96. The first kappa shape index (κ1) is 18.5. The van der Waals surface area contributed by atoms with Gasteiger partial charge in [-0.05, 0) is 42.7 Å². The van der Waals surface area contributed by atoms with Crippen molar-refractivity contribution < 1.29 is 4.79 Å². The van der Waals surface area contributed by atoms with Crippen LogP contribution in [0.4, 0.5) is 5.69 Å². The molecule has 134 valence electrons. The van der Waals surface area contributed by atoms with Crippen LogP contribution in [0.5, 0.6) is 0 Å². The number of thioether (sulfide) groups is 1. The van der Waals surface area contributed by atoms with E-state index in [2.05, 4.69) is 28.5 Å². The molecule has 1 aromatic heterocycles. The number of nitrogens with one attached hydrogen (secondary N) is 1. The van der Waals surface area contributed by atoms with Crippen LogP contribution in [0.2, 0.25) is 5.02 Å². The average molecular weight is 387 g/mol. The van der Waals surface area contributed by atoms with Gasteiger partial charge in [-0.15, -0.1) is 10.2 Å². The quantitative estimate of drug-likeness (QED) is 0.632. The number of carbonyl (C=O) groups is 1. The summed E-state index contributed by atoms with van der Waals surface area (Å²) >= 11 is 7.35. The maximum absolute atomic E-state index is 12.3. The van der Waals surface area contributed by atoms with Crippen LogP contribution >= 0.6 is 23.4 Å². The maximum Gasteiger partial charge on any atom is 0.234 e. The van der Waals surface area contributed by atoms with Crippen molar-refractivity contribution >= 4 is 35.0 Å². The maximum atomic E-state index is 12.3. The molecule has 0 aliphatic rings. The van der Waals surface area contributed by atoms with Crippen molar-refractivity contribution in [2.24, 2.45) is 0 Å². The van der Waals surface area contributed by atoms with Crippen molar-refractivity contribution in [2.75, 3.05) is 11.1 Å². The summed E-state index contributed by atoms with van der Waals surface area (Å²) in [7, 11) is 0. The third-order valence-electron chi connectivity index (χ3n) is 3.95. The lowest BCUT2D eigenvalue weighted by Crippen LogP contribution is -2.15. The molecule has 5 nitrogen and oxygen atoms in total. The molecule has 0 atom stereocenters. The Labute approximate surface area is 161 Å². The van der Waals surface area contributed by atoms with Gasteiger partial charge in [-0.2, -0.15) is 0 Å². The number of aryl methyl sites for hydroxylation is 2. The van der Waals surface area contributed by atoms with Gasteiger partial charge >= 0.3 is 0 Å². The molecule has 1 amide bonds. The Morgan fingerprint density at radius 1 is 1.27 bits per heavy atom. The molecule has 0 aliphatic heterocycles. The fraction of sp³-hybridized carbons (Fsp3) is 0.211. The first-order chi connectivity index (χ1) is 12.6. The van der Waals surface area contributed by atoms with E-state index in [4.69, 9.17) is 11.6 Å². The fourth-order valence-corrected chi connectivity index (χ4v) is 3.47. The molecule has 7 heteroatoms. The van der Waals surface area contributed by atoms with E-state index in [0.717, 1.165) is 23.4 Å². The zero-order chi connectivity index (χ0) is 18.5. The SMILES string of the molecule is CCc1ccccc1-n1cnnc1SCC(=O)Nc1cc(Cl)ccc1C. The van der Waals surface area contributed by atoms with Gasteiger partial charge in [0.25, 0.3) is 0 Å². The molecule has 1 heterocycles. The highest BCUT2D eigenvalue weighted by Crippen LogP contribution is 2.24. The van der Waals surface area contributed by atoms with E-state index in [1.165, 1.54) is 17.3 Å². The fourth-order valence-electron chi connectivity index (χ4n) is 2.58. The van der Waals surface area contributed by atoms with Crippen LogP contribution in [0.25, 0.3) is 5.69 Å². The number of para-hydroxylation sites is 1. The minimum Gasteiger partial charge on any atom is -0.325 e. The lowest BCUT2D eigenvalue weighted by molar-refractivity contribution is -0.113. The monoisotopic (exact) mass is 386 g/mol. The summed E-state index contributed by atoms with van der Waals surface area (Å²) in [5, 5.41) is 12.3. The molecule has 0 saturated carbocycles. The van der Waals surface area contributed by atoms with Crippen molar-refractivity contribution in [3.05, 3.63) is 64.9 Å². The third kappa shape index (κ3) is 4.26. The van der Waals surface area contributed by atoms with Gasteiger partial charge in [0, 0.05) is 10.7 Å². The minimum atomic E-state index is -0.112. The highest BCUT2D eigenvalue weighted by atomic mass is 35.5. The second kappa shape index (κ2) is 8.38. The number of halogens is 1. The van der Waals surface area contributed by atoms with Crippen molar-refractivity contribution in [3.8, 4) is 5.69 Å². The standard InChI is InChI=1S/C19H19ClN4OS/c1-3-14-6-4-5-7-17(14)24-12-21-23-19(24)26-11-18(25)22-16-10-15(20)9-8-13(16)2/h4-10,12H,3,11H2,1-2H3,(H,22,25). The van der Waals surface area contributed by atoms with Crippen LogP contribution in [0, 0.1) is 6.92 Å². The van der Waals surface area contributed by atoms with Gasteiger partial charge < -0.3 is 5.32 Å². The van der Waals surface area contributed by atoms with Crippen LogP contribution in [0.15, 0.2) is 53.9 Å². The number of hydrogen-bond acceptors (Lipinski definition) is 4. The zero-order valence-corrected chi connectivity index (χ0v) is 16.1. The molecule has 0 bridgehead atoms. The van der Waals surface area contributed by atoms with Crippen LogP contribution < -0.4 is 5.32 Å². The van der Waals surface area contributed by atoms with Crippen LogP contribution in [-0.2, 0) is 11.2 Å². The van der Waals surface area contributed by atoms with Gasteiger partial charge in [-0.1, -0.05) is 54.6 Å². The van der Waals surface area contributed by atoms with Gasteiger partial charge in [-0.3, -0.25) is 9.36 Å². The molecule has 3 rings (SSSR count). The molecule has 0 spiro atoms. The third-order valence-corrected chi connectivity index (χ3v) is 5.13. The Balaban J connectivity index is 1.70. The Morgan fingerprint density at radius 3 is 2.88 bits per heavy atom. The lowest BCUT2D eigenvalue weighted by atomic mass is 10.1. The summed E-state index contributed by atoms with van der Waals surface area (Å²) in [5.74, 6) is 0.123. The van der Waals surface area contributed by atoms with Crippen LogP contribution in [-0.4, -0.2) is 26.4 Å². The second-order valence-electron chi connectivity index (χ2n) is 5.76. The van der Waals surface area contributed by atoms with E-state index < -0.39 is 0 Å². The molecular formula is C19H19ClN4OS. The minimum absolute atomic E-state index is 0.112. The number of hydrogen-bond donors (Lipinski definition) is 1. The summed E-state index contributed by atoms with van der Waals surface area (Å²) < 4.78 is 1.92. The molecular weight excluding hydrogens is 368 g/mol. The van der Waals surface area contributed by atoms with Crippen molar-refractivity contribution in [1.29, 1.82) is 0 Å². The predicted octanol–water partition coefficient (Wildman–Crippen LogP) is 4.52. The number of rotatable bonds is 6. The molecule has 0 fully saturated rings. The van der Waals surface area contributed by atoms with Gasteiger partial charge in [0.15, 0.2) is 5.16 Å². The molecule has 0 unspecified atom stereocenters. The number of amides is 1. The van der Waals surface area contributed by atoms with Crippen LogP contribution in [0.3, 0.4) is 0 Å². The summed E-state index contributed by atoms with van der Waals surface area (Å²) in [6.07, 6.45) is 2.59. The molecule has 1 N–H and O–H groups in total. The number of benzene rings is 2. The van der Waals surface area contributed by atoms with Crippen LogP contribution in [0.1, 0.15) is 18.1 Å². The Bertz CT molecular complexity index is 925. The summed E-state index contributed by atoms with van der Waals surface area (Å²) in [6.45, 7) is 4.04. The first-order valence-electron chi connectivity index (χ1n) is 8.25. The van der Waals surface area contributed by atoms with E-state index in [9.17, 15) is 4.79 Å². The van der Waals surface area contributed by atoms with Gasteiger partial charge in [-0.25, -0.2) is 0 Å². The summed E-state index contributed by atoms with van der Waals surface area (Å²) in [4.78, 5) is 12.3. The Hall–Kier alpha value is -2.31.